The van der Waals surface area contributed by atoms with E-state index in [0.717, 1.165) is 16.8 Å². The normalized spacial score (nSPS) is 12.8. The number of nitrogens with zero attached hydrogens (tertiary/aromatic N) is 4. The summed E-state index contributed by atoms with van der Waals surface area (Å²) in [6.07, 6.45) is 1.96. The Balaban J connectivity index is 3.06. The van der Waals surface area contributed by atoms with Gasteiger partial charge in [0.05, 0.1) is 11.7 Å². The van der Waals surface area contributed by atoms with Crippen LogP contribution in [0.2, 0.25) is 0 Å². The summed E-state index contributed by atoms with van der Waals surface area (Å²) in [5.41, 5.74) is 11.2. The third-order valence-corrected chi connectivity index (χ3v) is 2.37. The number of hydrogen-bond acceptors (Lipinski definition) is 2. The first-order chi connectivity index (χ1) is 7.69. The molecule has 0 bridgehead atoms. The smallest absolute Gasteiger partial charge is 0.0694 e. The van der Waals surface area contributed by atoms with Gasteiger partial charge in [0.2, 0.25) is 0 Å². The van der Waals surface area contributed by atoms with Crippen molar-refractivity contribution >= 4 is 18.5 Å². The molecule has 16 heavy (non-hydrogen) atoms. The average molecular weight is 214 g/mol. The van der Waals surface area contributed by atoms with Crippen LogP contribution in [0.3, 0.4) is 0 Å². The minimum Gasteiger partial charge on any atom is -0.264 e. The van der Waals surface area contributed by atoms with Crippen molar-refractivity contribution in [3.63, 3.8) is 0 Å². The van der Waals surface area contributed by atoms with Gasteiger partial charge in [-0.25, -0.2) is 0 Å². The van der Waals surface area contributed by atoms with Crippen molar-refractivity contribution < 1.29 is 0 Å². The molecular formula is C12H14N4. The van der Waals surface area contributed by atoms with Gasteiger partial charge in [-0.15, -0.1) is 0 Å². The molecule has 82 valence electrons. The van der Waals surface area contributed by atoms with Crippen molar-refractivity contribution in [2.75, 3.05) is 0 Å². The van der Waals surface area contributed by atoms with Gasteiger partial charge in [0, 0.05) is 10.5 Å². The summed E-state index contributed by atoms with van der Waals surface area (Å²) in [7, 11) is 0. The maximum absolute atomic E-state index is 8.36. The third-order valence-electron chi connectivity index (χ3n) is 2.37. The molecule has 1 aromatic carbocycles. The predicted octanol–water partition coefficient (Wildman–Crippen LogP) is 4.12. The van der Waals surface area contributed by atoms with Crippen LogP contribution in [0.4, 0.5) is 5.69 Å². The van der Waals surface area contributed by atoms with Gasteiger partial charge < -0.3 is 0 Å². The largest absolute Gasteiger partial charge is 0.264 e. The van der Waals surface area contributed by atoms with Crippen molar-refractivity contribution in [3.05, 3.63) is 45.8 Å². The van der Waals surface area contributed by atoms with E-state index >= 15 is 0 Å². The molecule has 1 rings (SSSR count). The predicted molar refractivity (Wildman–Crippen MR) is 67.9 cm³/mol. The van der Waals surface area contributed by atoms with Gasteiger partial charge in [0.1, 0.15) is 0 Å². The molecule has 0 N–H and O–H groups in total. The van der Waals surface area contributed by atoms with E-state index in [2.05, 4.69) is 21.7 Å². The van der Waals surface area contributed by atoms with E-state index < -0.39 is 0 Å². The number of rotatable bonds is 4. The number of azide groups is 1. The molecule has 1 unspecified atom stereocenters. The van der Waals surface area contributed by atoms with E-state index in [0.29, 0.717) is 0 Å². The lowest BCUT2D eigenvalue weighted by Gasteiger charge is -2.06. The van der Waals surface area contributed by atoms with Gasteiger partial charge in [0.25, 0.3) is 0 Å². The molecule has 0 aliphatic rings. The molecule has 0 aromatic heterocycles. The highest BCUT2D eigenvalue weighted by Gasteiger charge is 2.02. The molecule has 0 radical (unpaired) electrons. The molecule has 0 amide bonds. The average Bonchev–Trinajstić information content (AvgIpc) is 2.30. The minimum absolute atomic E-state index is 0.150. The van der Waals surface area contributed by atoms with Crippen LogP contribution < -0.4 is 0 Å². The van der Waals surface area contributed by atoms with Crippen molar-refractivity contribution in [1.82, 2.24) is 0 Å². The second-order valence-electron chi connectivity index (χ2n) is 3.49. The van der Waals surface area contributed by atoms with E-state index in [-0.39, 0.29) is 6.04 Å². The highest BCUT2D eigenvalue weighted by atomic mass is 15.1. The minimum atomic E-state index is -0.150. The first-order valence-electron chi connectivity index (χ1n) is 4.97. The Morgan fingerprint density at radius 1 is 1.50 bits per heavy atom. The third kappa shape index (κ3) is 2.97. The van der Waals surface area contributed by atoms with Crippen molar-refractivity contribution in [2.45, 2.75) is 19.9 Å². The highest BCUT2D eigenvalue weighted by molar-refractivity contribution is 5.67. The van der Waals surface area contributed by atoms with Crippen LogP contribution in [0, 0.1) is 0 Å². The zero-order chi connectivity index (χ0) is 12.0. The van der Waals surface area contributed by atoms with Gasteiger partial charge in [-0.2, -0.15) is 0 Å². The van der Waals surface area contributed by atoms with Crippen LogP contribution in [0.1, 0.15) is 19.4 Å². The summed E-state index contributed by atoms with van der Waals surface area (Å²) in [6.45, 7) is 7.31. The number of aliphatic imine (C=N–C) groups is 1. The number of hydrogen-bond donors (Lipinski definition) is 0. The molecule has 0 saturated carbocycles. The quantitative estimate of drug-likeness (QED) is 0.313. The molecule has 1 atom stereocenters. The van der Waals surface area contributed by atoms with E-state index in [1.807, 2.05) is 44.2 Å². The number of benzene rings is 1. The highest BCUT2D eigenvalue weighted by Crippen LogP contribution is 2.22. The van der Waals surface area contributed by atoms with Crippen LogP contribution in [0.15, 0.2) is 39.9 Å². The zero-order valence-corrected chi connectivity index (χ0v) is 9.46. The van der Waals surface area contributed by atoms with Crippen LogP contribution in [0.5, 0.6) is 0 Å². The molecule has 0 fully saturated rings. The summed E-state index contributed by atoms with van der Waals surface area (Å²) in [6, 6.07) is 7.54. The molecule has 0 aliphatic carbocycles. The lowest BCUT2D eigenvalue weighted by atomic mass is 10.1. The number of para-hydroxylation sites is 1. The molecule has 0 aliphatic heterocycles. The van der Waals surface area contributed by atoms with Crippen LogP contribution in [-0.4, -0.2) is 12.8 Å². The van der Waals surface area contributed by atoms with E-state index in [1.54, 1.807) is 0 Å². The van der Waals surface area contributed by atoms with Gasteiger partial charge in [-0.1, -0.05) is 41.9 Å². The summed E-state index contributed by atoms with van der Waals surface area (Å²) < 4.78 is 0. The van der Waals surface area contributed by atoms with Gasteiger partial charge in [0.15, 0.2) is 0 Å². The first kappa shape index (κ1) is 12.0. The Morgan fingerprint density at radius 3 is 2.81 bits per heavy atom. The van der Waals surface area contributed by atoms with Gasteiger partial charge >= 0.3 is 0 Å². The van der Waals surface area contributed by atoms with Gasteiger partial charge in [-0.05, 0) is 25.2 Å². The summed E-state index contributed by atoms with van der Waals surface area (Å²) in [5, 5.41) is 3.64. The fraction of sp³-hybridized carbons (Fsp3) is 0.250. The Labute approximate surface area is 95.0 Å². The maximum atomic E-state index is 8.36. The Morgan fingerprint density at radius 2 is 2.19 bits per heavy atom. The topological polar surface area (TPSA) is 61.1 Å². The maximum Gasteiger partial charge on any atom is 0.0694 e. The lowest BCUT2D eigenvalue weighted by molar-refractivity contribution is 0.856. The standard InChI is InChI=1S/C12H14N4/c1-9(10(2)15-16-13)8-11-6-4-5-7-12(11)14-3/h4-8,10H,3H2,1-2H3/b9-8+. The summed E-state index contributed by atoms with van der Waals surface area (Å²) >= 11 is 0. The van der Waals surface area contributed by atoms with Gasteiger partial charge in [-0.3, -0.25) is 4.99 Å². The second-order valence-corrected chi connectivity index (χ2v) is 3.49. The summed E-state index contributed by atoms with van der Waals surface area (Å²) in [5.74, 6) is 0. The van der Waals surface area contributed by atoms with Crippen LogP contribution in [0.25, 0.3) is 16.5 Å². The summed E-state index contributed by atoms with van der Waals surface area (Å²) in [4.78, 5) is 6.72. The Bertz CT molecular complexity index is 456. The van der Waals surface area contributed by atoms with Crippen molar-refractivity contribution in [2.24, 2.45) is 10.1 Å². The molecule has 0 heterocycles. The first-order valence-corrected chi connectivity index (χ1v) is 4.97. The monoisotopic (exact) mass is 214 g/mol. The molecule has 0 saturated heterocycles. The fourth-order valence-corrected chi connectivity index (χ4v) is 1.29. The van der Waals surface area contributed by atoms with Crippen LogP contribution >= 0.6 is 0 Å². The lowest BCUT2D eigenvalue weighted by Crippen LogP contribution is -1.97. The second kappa shape index (κ2) is 5.73. The van der Waals surface area contributed by atoms with Crippen molar-refractivity contribution in [3.8, 4) is 0 Å². The van der Waals surface area contributed by atoms with Crippen molar-refractivity contribution in [1.29, 1.82) is 0 Å². The zero-order valence-electron chi connectivity index (χ0n) is 9.46. The Hall–Kier alpha value is -2.06. The molecule has 0 spiro atoms. The van der Waals surface area contributed by atoms with Crippen LogP contribution in [-0.2, 0) is 0 Å². The fourth-order valence-electron chi connectivity index (χ4n) is 1.29. The molecule has 1 aromatic rings. The molecular weight excluding hydrogens is 200 g/mol. The Kier molecular flexibility index (Phi) is 4.30. The molecule has 4 nitrogen and oxygen atoms in total. The SMILES string of the molecule is C=Nc1ccccc1/C=C(\C)C(C)N=[N+]=[N-]. The van der Waals surface area contributed by atoms with E-state index in [9.17, 15) is 0 Å². The van der Waals surface area contributed by atoms with E-state index in [1.165, 1.54) is 0 Å². The molecule has 4 heteroatoms. The van der Waals surface area contributed by atoms with E-state index in [4.69, 9.17) is 5.53 Å².